The van der Waals surface area contributed by atoms with Crippen LogP contribution in [0.15, 0.2) is 64.7 Å². The Morgan fingerprint density at radius 1 is 1.26 bits per heavy atom. The second-order valence-corrected chi connectivity index (χ2v) is 9.99. The third kappa shape index (κ3) is 5.74. The van der Waals surface area contributed by atoms with E-state index >= 15 is 0 Å². The summed E-state index contributed by atoms with van der Waals surface area (Å²) in [6.45, 7) is 13.7. The van der Waals surface area contributed by atoms with E-state index in [-0.39, 0.29) is 17.7 Å². The maximum Gasteiger partial charge on any atom is 0.258 e. The molecule has 6 nitrogen and oxygen atoms in total. The molecule has 1 fully saturated rings. The molecule has 2 atom stereocenters. The van der Waals surface area contributed by atoms with E-state index in [4.69, 9.17) is 5.41 Å². The number of benzene rings is 1. The minimum absolute atomic E-state index is 0.143. The fourth-order valence-electron chi connectivity index (χ4n) is 4.84. The Morgan fingerprint density at radius 2 is 1.97 bits per heavy atom. The molecule has 184 valence electrons. The molecule has 0 saturated carbocycles. The van der Waals surface area contributed by atoms with Crippen LogP contribution in [0.5, 0.6) is 0 Å². The maximum atomic E-state index is 13.0. The van der Waals surface area contributed by atoms with E-state index in [1.165, 1.54) is 16.7 Å². The summed E-state index contributed by atoms with van der Waals surface area (Å²) in [5.41, 5.74) is 6.78. The molecule has 0 bridgehead atoms. The number of hydrogen-bond donors (Lipinski definition) is 4. The molecule has 35 heavy (non-hydrogen) atoms. The molecule has 0 spiro atoms. The van der Waals surface area contributed by atoms with E-state index in [2.05, 4.69) is 73.1 Å². The minimum atomic E-state index is -0.732. The molecule has 1 aromatic carbocycles. The topological polar surface area (TPSA) is 101 Å². The maximum absolute atomic E-state index is 13.0. The Hall–Kier alpha value is -3.59. The number of rotatable bonds is 7. The molecule has 6 heteroatoms. The Bertz CT molecular complexity index is 1210. The molecule has 3 rings (SSSR count). The average Bonchev–Trinajstić information content (AvgIpc) is 3.12. The number of allylic oxidation sites excluding steroid dienone is 5. The number of carbonyl (C=O) groups is 1. The van der Waals surface area contributed by atoms with Crippen LogP contribution in [-0.2, 0) is 11.2 Å². The molecule has 2 unspecified atom stereocenters. The number of hydrogen-bond acceptors (Lipinski definition) is 4. The van der Waals surface area contributed by atoms with E-state index in [9.17, 15) is 10.1 Å². The van der Waals surface area contributed by atoms with Gasteiger partial charge < -0.3 is 16.0 Å². The third-order valence-corrected chi connectivity index (χ3v) is 6.65. The van der Waals surface area contributed by atoms with Crippen molar-refractivity contribution in [2.75, 3.05) is 0 Å². The van der Waals surface area contributed by atoms with Gasteiger partial charge in [0.15, 0.2) is 0 Å². The lowest BCUT2D eigenvalue weighted by Crippen LogP contribution is -2.36. The van der Waals surface area contributed by atoms with Crippen LogP contribution in [0.25, 0.3) is 0 Å². The highest BCUT2D eigenvalue weighted by atomic mass is 16.2. The summed E-state index contributed by atoms with van der Waals surface area (Å²) >= 11 is 0. The van der Waals surface area contributed by atoms with Crippen molar-refractivity contribution in [3.63, 3.8) is 0 Å². The summed E-state index contributed by atoms with van der Waals surface area (Å²) in [7, 11) is 0. The van der Waals surface area contributed by atoms with Crippen LogP contribution < -0.4 is 16.0 Å². The summed E-state index contributed by atoms with van der Waals surface area (Å²) in [5, 5.41) is 26.8. The molecule has 0 radical (unpaired) electrons. The van der Waals surface area contributed by atoms with Crippen molar-refractivity contribution >= 4 is 11.7 Å². The molecule has 0 aromatic heterocycles. The van der Waals surface area contributed by atoms with Gasteiger partial charge in [0.2, 0.25) is 0 Å². The van der Waals surface area contributed by atoms with Gasteiger partial charge in [0.25, 0.3) is 5.91 Å². The first-order valence-electron chi connectivity index (χ1n) is 12.3. The molecule has 1 aromatic rings. The molecule has 2 aliphatic rings. The number of fused-ring (bicyclic) bond motifs is 1. The highest BCUT2D eigenvalue weighted by molar-refractivity contribution is 6.06. The SMILES string of the molecule is CCc1ccc(C)c(C2C=C3C(=CC2CC)NC(=O)/C3=C(/C)NC(=N)/C=C(/C)NC(C)(C)C#N)c1. The molecular formula is C29H37N5O. The number of nitrogens with zero attached hydrogens (tertiary/aromatic N) is 1. The average molecular weight is 472 g/mol. The first kappa shape index (κ1) is 26.0. The van der Waals surface area contributed by atoms with Gasteiger partial charge in [-0.3, -0.25) is 10.2 Å². The number of aryl methyl sites for hydroxylation is 2. The zero-order valence-electron chi connectivity index (χ0n) is 21.9. The zero-order valence-corrected chi connectivity index (χ0v) is 21.9. The summed E-state index contributed by atoms with van der Waals surface area (Å²) < 4.78 is 0. The van der Waals surface area contributed by atoms with Crippen LogP contribution in [-0.4, -0.2) is 17.3 Å². The van der Waals surface area contributed by atoms with Crippen molar-refractivity contribution in [2.45, 2.75) is 72.8 Å². The van der Waals surface area contributed by atoms with Gasteiger partial charge in [-0.15, -0.1) is 0 Å². The predicted molar refractivity (Wildman–Crippen MR) is 142 cm³/mol. The minimum Gasteiger partial charge on any atom is -0.371 e. The molecule has 1 aliphatic heterocycles. The van der Waals surface area contributed by atoms with Gasteiger partial charge in [0.05, 0.1) is 11.6 Å². The summed E-state index contributed by atoms with van der Waals surface area (Å²) in [5.74, 6) is 0.467. The van der Waals surface area contributed by atoms with Crippen LogP contribution in [0.3, 0.4) is 0 Å². The van der Waals surface area contributed by atoms with Gasteiger partial charge in [-0.05, 0) is 76.1 Å². The first-order valence-corrected chi connectivity index (χ1v) is 12.3. The fraction of sp³-hybridized carbons (Fsp3) is 0.414. The van der Waals surface area contributed by atoms with Crippen molar-refractivity contribution in [1.29, 1.82) is 10.7 Å². The van der Waals surface area contributed by atoms with Crippen LogP contribution in [0, 0.1) is 29.6 Å². The van der Waals surface area contributed by atoms with E-state index in [0.29, 0.717) is 22.9 Å². The summed E-state index contributed by atoms with van der Waals surface area (Å²) in [6, 6.07) is 8.87. The summed E-state index contributed by atoms with van der Waals surface area (Å²) in [4.78, 5) is 13.0. The second-order valence-electron chi connectivity index (χ2n) is 9.99. The van der Waals surface area contributed by atoms with E-state index in [0.717, 1.165) is 24.1 Å². The lowest BCUT2D eigenvalue weighted by Gasteiger charge is -2.28. The molecule has 4 N–H and O–H groups in total. The van der Waals surface area contributed by atoms with Gasteiger partial charge in [-0.1, -0.05) is 44.2 Å². The lowest BCUT2D eigenvalue weighted by atomic mass is 9.76. The van der Waals surface area contributed by atoms with Gasteiger partial charge in [0, 0.05) is 28.6 Å². The molecule has 1 amide bonds. The molecule has 1 saturated heterocycles. The lowest BCUT2D eigenvalue weighted by molar-refractivity contribution is -0.115. The standard InChI is InChI=1S/C29H37N5O/c1-8-20-11-10-17(3)22(13-20)23-15-24-25(14-21(23)9-2)33-28(35)27(24)19(5)32-26(31)12-18(4)34-29(6,7)16-30/h10-15,21,23,34H,8-9H2,1-7H3,(H2,31,32)(H,33,35)/b18-12-,27-19-. The summed E-state index contributed by atoms with van der Waals surface area (Å²) in [6.07, 6.45) is 8.00. The Kier molecular flexibility index (Phi) is 7.70. The molecule has 1 aliphatic carbocycles. The van der Waals surface area contributed by atoms with Crippen LogP contribution in [0.1, 0.15) is 70.6 Å². The number of nitriles is 1. The monoisotopic (exact) mass is 471 g/mol. The zero-order chi connectivity index (χ0) is 25.9. The largest absolute Gasteiger partial charge is 0.371 e. The number of amidine groups is 1. The normalized spacial score (nSPS) is 21.3. The third-order valence-electron chi connectivity index (χ3n) is 6.65. The first-order chi connectivity index (χ1) is 16.5. The highest BCUT2D eigenvalue weighted by Gasteiger charge is 2.35. The Morgan fingerprint density at radius 3 is 2.60 bits per heavy atom. The Balaban J connectivity index is 1.96. The quantitative estimate of drug-likeness (QED) is 0.248. The number of carbonyl (C=O) groups excluding carboxylic acids is 1. The molecular weight excluding hydrogens is 434 g/mol. The van der Waals surface area contributed by atoms with Crippen molar-refractivity contribution in [2.24, 2.45) is 5.92 Å². The van der Waals surface area contributed by atoms with E-state index in [1.807, 2.05) is 13.8 Å². The van der Waals surface area contributed by atoms with Crippen LogP contribution in [0.2, 0.25) is 0 Å². The predicted octanol–water partition coefficient (Wildman–Crippen LogP) is 5.26. The van der Waals surface area contributed by atoms with Crippen molar-refractivity contribution in [3.05, 3.63) is 81.4 Å². The molecule has 1 heterocycles. The smallest absolute Gasteiger partial charge is 0.258 e. The van der Waals surface area contributed by atoms with Crippen LogP contribution in [0.4, 0.5) is 0 Å². The Labute approximate surface area is 209 Å². The number of nitrogens with one attached hydrogen (secondary N) is 4. The van der Waals surface area contributed by atoms with Gasteiger partial charge in [-0.25, -0.2) is 0 Å². The number of amides is 1. The van der Waals surface area contributed by atoms with Gasteiger partial charge in [-0.2, -0.15) is 5.26 Å². The fourth-order valence-corrected chi connectivity index (χ4v) is 4.84. The second kappa shape index (κ2) is 10.4. The van der Waals surface area contributed by atoms with Gasteiger partial charge >= 0.3 is 0 Å². The highest BCUT2D eigenvalue weighted by Crippen LogP contribution is 2.42. The van der Waals surface area contributed by atoms with Crippen molar-refractivity contribution < 1.29 is 4.79 Å². The van der Waals surface area contributed by atoms with Crippen molar-refractivity contribution in [3.8, 4) is 6.07 Å². The van der Waals surface area contributed by atoms with E-state index in [1.54, 1.807) is 19.9 Å². The van der Waals surface area contributed by atoms with Gasteiger partial charge in [0.1, 0.15) is 11.4 Å². The van der Waals surface area contributed by atoms with Crippen LogP contribution >= 0.6 is 0 Å². The van der Waals surface area contributed by atoms with Crippen molar-refractivity contribution in [1.82, 2.24) is 16.0 Å². The van der Waals surface area contributed by atoms with E-state index < -0.39 is 5.54 Å².